The molecule has 0 saturated carbocycles. The number of aromatic nitrogens is 5. The van der Waals surface area contributed by atoms with Gasteiger partial charge < -0.3 is 14.0 Å². The van der Waals surface area contributed by atoms with E-state index in [4.69, 9.17) is 25.6 Å². The first-order valence-electron chi connectivity index (χ1n) is 8.99. The maximum atomic E-state index is 6.02. The molecule has 0 spiro atoms. The van der Waals surface area contributed by atoms with E-state index in [1.165, 1.54) is 0 Å². The average molecular weight is 410 g/mol. The molecule has 146 valence electrons. The standard InChI is InChI=1S/C20H16ClN5O3/c1-27-15-8-4-13(5-9-15)20-22-19(24-29-20)18-16-11-28-17(10-26(16)25-23-18)12-2-6-14(21)7-3-12/h2-9,17H,10-11H2,1H3. The van der Waals surface area contributed by atoms with Gasteiger partial charge in [-0.15, -0.1) is 5.10 Å². The molecule has 0 radical (unpaired) electrons. The van der Waals surface area contributed by atoms with Gasteiger partial charge in [-0.3, -0.25) is 0 Å². The van der Waals surface area contributed by atoms with Gasteiger partial charge in [-0.25, -0.2) is 4.68 Å². The van der Waals surface area contributed by atoms with Crippen LogP contribution in [-0.2, 0) is 17.9 Å². The van der Waals surface area contributed by atoms with E-state index < -0.39 is 0 Å². The molecular weight excluding hydrogens is 394 g/mol. The molecule has 0 amide bonds. The summed E-state index contributed by atoms with van der Waals surface area (Å²) in [5.41, 5.74) is 3.21. The topological polar surface area (TPSA) is 88.1 Å². The van der Waals surface area contributed by atoms with E-state index in [0.29, 0.717) is 35.6 Å². The van der Waals surface area contributed by atoms with Crippen molar-refractivity contribution in [2.24, 2.45) is 0 Å². The number of ether oxygens (including phenoxy) is 2. The normalized spacial score (nSPS) is 15.9. The van der Waals surface area contributed by atoms with Gasteiger partial charge in [-0.1, -0.05) is 34.1 Å². The van der Waals surface area contributed by atoms with Gasteiger partial charge >= 0.3 is 0 Å². The van der Waals surface area contributed by atoms with E-state index in [9.17, 15) is 0 Å². The molecular formula is C20H16ClN5O3. The first-order chi connectivity index (χ1) is 14.2. The van der Waals surface area contributed by atoms with Crippen LogP contribution < -0.4 is 4.74 Å². The van der Waals surface area contributed by atoms with Crippen molar-refractivity contribution in [1.29, 1.82) is 0 Å². The van der Waals surface area contributed by atoms with Crippen LogP contribution in [0.2, 0.25) is 5.02 Å². The molecule has 0 N–H and O–H groups in total. The third-order valence-corrected chi connectivity index (χ3v) is 5.07. The summed E-state index contributed by atoms with van der Waals surface area (Å²) in [7, 11) is 1.62. The largest absolute Gasteiger partial charge is 0.497 e. The maximum absolute atomic E-state index is 6.02. The third kappa shape index (κ3) is 3.37. The molecule has 1 aliphatic rings. The molecule has 1 unspecified atom stereocenters. The molecule has 4 aromatic rings. The van der Waals surface area contributed by atoms with Gasteiger partial charge in [0, 0.05) is 10.6 Å². The minimum atomic E-state index is -0.116. The third-order valence-electron chi connectivity index (χ3n) is 4.81. The first kappa shape index (κ1) is 17.8. The van der Waals surface area contributed by atoms with E-state index in [1.807, 2.05) is 53.2 Å². The fourth-order valence-corrected chi connectivity index (χ4v) is 3.36. The number of halogens is 1. The lowest BCUT2D eigenvalue weighted by Gasteiger charge is -2.24. The molecule has 9 heteroatoms. The molecule has 8 nitrogen and oxygen atoms in total. The molecule has 29 heavy (non-hydrogen) atoms. The Hall–Kier alpha value is -3.23. The first-order valence-corrected chi connectivity index (χ1v) is 9.37. The molecule has 2 aromatic carbocycles. The Morgan fingerprint density at radius 3 is 2.66 bits per heavy atom. The predicted molar refractivity (Wildman–Crippen MR) is 104 cm³/mol. The average Bonchev–Trinajstić information content (AvgIpc) is 3.41. The van der Waals surface area contributed by atoms with Crippen LogP contribution in [0.15, 0.2) is 53.1 Å². The van der Waals surface area contributed by atoms with Gasteiger partial charge in [-0.05, 0) is 42.0 Å². The Morgan fingerprint density at radius 2 is 1.90 bits per heavy atom. The van der Waals surface area contributed by atoms with Gasteiger partial charge in [-0.2, -0.15) is 4.98 Å². The van der Waals surface area contributed by atoms with Gasteiger partial charge in [0.1, 0.15) is 11.9 Å². The van der Waals surface area contributed by atoms with E-state index >= 15 is 0 Å². The summed E-state index contributed by atoms with van der Waals surface area (Å²) >= 11 is 5.97. The van der Waals surface area contributed by atoms with Crippen molar-refractivity contribution in [2.45, 2.75) is 19.3 Å². The van der Waals surface area contributed by atoms with Crippen LogP contribution in [0.3, 0.4) is 0 Å². The lowest BCUT2D eigenvalue weighted by atomic mass is 10.1. The van der Waals surface area contributed by atoms with E-state index in [0.717, 1.165) is 22.6 Å². The molecule has 3 heterocycles. The Kier molecular flexibility index (Phi) is 4.49. The van der Waals surface area contributed by atoms with E-state index in [2.05, 4.69) is 20.5 Å². The Bertz CT molecular complexity index is 1140. The highest BCUT2D eigenvalue weighted by atomic mass is 35.5. The molecule has 0 fully saturated rings. The Balaban J connectivity index is 1.39. The molecule has 2 aromatic heterocycles. The highest BCUT2D eigenvalue weighted by Crippen LogP contribution is 2.31. The second-order valence-corrected chi connectivity index (χ2v) is 7.01. The van der Waals surface area contributed by atoms with Crippen molar-refractivity contribution >= 4 is 11.6 Å². The zero-order chi connectivity index (χ0) is 19.8. The second kappa shape index (κ2) is 7.31. The molecule has 5 rings (SSSR count). The highest BCUT2D eigenvalue weighted by molar-refractivity contribution is 6.30. The maximum Gasteiger partial charge on any atom is 0.258 e. The smallest absolute Gasteiger partial charge is 0.258 e. The van der Waals surface area contributed by atoms with Crippen LogP contribution >= 0.6 is 11.6 Å². The molecule has 0 bridgehead atoms. The highest BCUT2D eigenvalue weighted by Gasteiger charge is 2.27. The Labute approximate surface area is 171 Å². The fraction of sp³-hybridized carbons (Fsp3) is 0.200. The van der Waals surface area contributed by atoms with Crippen molar-refractivity contribution in [3.8, 4) is 28.7 Å². The van der Waals surface area contributed by atoms with Gasteiger partial charge in [0.25, 0.3) is 5.89 Å². The minimum absolute atomic E-state index is 0.116. The SMILES string of the molecule is COc1ccc(-c2nc(-c3nnn4c3COC(c3ccc(Cl)cc3)C4)no2)cc1. The lowest BCUT2D eigenvalue weighted by Crippen LogP contribution is -2.22. The van der Waals surface area contributed by atoms with Crippen LogP contribution in [0.1, 0.15) is 17.4 Å². The van der Waals surface area contributed by atoms with Crippen LogP contribution in [-0.4, -0.2) is 32.2 Å². The summed E-state index contributed by atoms with van der Waals surface area (Å²) in [6.45, 7) is 0.898. The Morgan fingerprint density at radius 1 is 1.10 bits per heavy atom. The molecule has 1 atom stereocenters. The number of hydrogen-bond acceptors (Lipinski definition) is 7. The zero-order valence-corrected chi connectivity index (χ0v) is 16.2. The van der Waals surface area contributed by atoms with Gasteiger partial charge in [0.05, 0.1) is 26.0 Å². The summed E-state index contributed by atoms with van der Waals surface area (Å²) in [6.07, 6.45) is -0.116. The van der Waals surface area contributed by atoms with Crippen LogP contribution in [0, 0.1) is 0 Å². The van der Waals surface area contributed by atoms with Crippen LogP contribution in [0.25, 0.3) is 23.0 Å². The number of fused-ring (bicyclic) bond motifs is 1. The van der Waals surface area contributed by atoms with Crippen LogP contribution in [0.4, 0.5) is 0 Å². The molecule has 0 saturated heterocycles. The summed E-state index contributed by atoms with van der Waals surface area (Å²) in [4.78, 5) is 4.47. The number of rotatable bonds is 4. The number of hydrogen-bond donors (Lipinski definition) is 0. The number of nitrogens with zero attached hydrogens (tertiary/aromatic N) is 5. The predicted octanol–water partition coefficient (Wildman–Crippen LogP) is 3.93. The van der Waals surface area contributed by atoms with Gasteiger partial charge in [0.2, 0.25) is 5.82 Å². The van der Waals surface area contributed by atoms with Crippen molar-refractivity contribution in [3.05, 3.63) is 64.8 Å². The van der Waals surface area contributed by atoms with Crippen molar-refractivity contribution in [1.82, 2.24) is 25.1 Å². The molecule has 0 aliphatic carbocycles. The lowest BCUT2D eigenvalue weighted by molar-refractivity contribution is -0.00111. The van der Waals surface area contributed by atoms with Crippen molar-refractivity contribution in [3.63, 3.8) is 0 Å². The fourth-order valence-electron chi connectivity index (χ4n) is 3.23. The summed E-state index contributed by atoms with van der Waals surface area (Å²) in [5, 5.41) is 13.3. The second-order valence-electron chi connectivity index (χ2n) is 6.57. The van der Waals surface area contributed by atoms with E-state index in [-0.39, 0.29) is 6.10 Å². The summed E-state index contributed by atoms with van der Waals surface area (Å²) in [6, 6.07) is 15.0. The van der Waals surface area contributed by atoms with Crippen molar-refractivity contribution in [2.75, 3.05) is 7.11 Å². The summed E-state index contributed by atoms with van der Waals surface area (Å²) in [5.74, 6) is 1.54. The minimum Gasteiger partial charge on any atom is -0.497 e. The molecule has 1 aliphatic heterocycles. The van der Waals surface area contributed by atoms with E-state index in [1.54, 1.807) is 7.11 Å². The quantitative estimate of drug-likeness (QED) is 0.504. The zero-order valence-electron chi connectivity index (χ0n) is 15.4. The van der Waals surface area contributed by atoms with Crippen LogP contribution in [0.5, 0.6) is 5.75 Å². The number of benzene rings is 2. The summed E-state index contributed by atoms with van der Waals surface area (Å²) < 4.78 is 18.4. The monoisotopic (exact) mass is 409 g/mol. The number of methoxy groups -OCH3 is 1. The van der Waals surface area contributed by atoms with Crippen molar-refractivity contribution < 1.29 is 14.0 Å². The van der Waals surface area contributed by atoms with Gasteiger partial charge in [0.15, 0.2) is 5.69 Å².